The van der Waals surface area contributed by atoms with Gasteiger partial charge < -0.3 is 20.0 Å². The second kappa shape index (κ2) is 8.27. The van der Waals surface area contributed by atoms with Gasteiger partial charge in [0.2, 0.25) is 0 Å². The normalized spacial score (nSPS) is 29.6. The largest absolute Gasteiger partial charge is 0.481 e. The molecule has 3 fully saturated rings. The fourth-order valence-corrected chi connectivity index (χ4v) is 6.12. The lowest BCUT2D eigenvalue weighted by Gasteiger charge is -2.52. The molecule has 0 unspecified atom stereocenters. The Morgan fingerprint density at radius 2 is 1.67 bits per heavy atom. The van der Waals surface area contributed by atoms with Gasteiger partial charge in [0.15, 0.2) is 0 Å². The van der Waals surface area contributed by atoms with Crippen LogP contribution >= 0.6 is 0 Å². The molecule has 7 heteroatoms. The van der Waals surface area contributed by atoms with Gasteiger partial charge in [-0.15, -0.1) is 0 Å². The van der Waals surface area contributed by atoms with Crippen molar-refractivity contribution in [3.05, 3.63) is 35.9 Å². The Bertz CT molecular complexity index is 886. The van der Waals surface area contributed by atoms with Gasteiger partial charge in [0.25, 0.3) is 0 Å². The van der Waals surface area contributed by atoms with Gasteiger partial charge in [-0.1, -0.05) is 30.3 Å². The third-order valence-corrected chi connectivity index (χ3v) is 8.64. The van der Waals surface area contributed by atoms with Crippen LogP contribution in [0, 0.1) is 5.41 Å². The number of nitrogens with zero attached hydrogens (tertiary/aromatic N) is 3. The molecule has 2 amide bonds. The zero-order valence-corrected chi connectivity index (χ0v) is 20.5. The van der Waals surface area contributed by atoms with Crippen molar-refractivity contribution in [2.75, 3.05) is 33.7 Å². The summed E-state index contributed by atoms with van der Waals surface area (Å²) in [6.07, 6.45) is 5.89. The number of aliphatic carboxylic acids is 1. The van der Waals surface area contributed by atoms with Crippen molar-refractivity contribution in [1.29, 1.82) is 0 Å². The minimum absolute atomic E-state index is 0.0949. The van der Waals surface area contributed by atoms with Gasteiger partial charge in [-0.3, -0.25) is 9.69 Å². The molecular formula is C26H39N3O4. The first-order valence-electron chi connectivity index (χ1n) is 12.2. The molecule has 1 spiro atoms. The van der Waals surface area contributed by atoms with E-state index in [1.807, 2.05) is 11.0 Å². The lowest BCUT2D eigenvalue weighted by molar-refractivity contribution is -0.147. The highest BCUT2D eigenvalue weighted by atomic mass is 16.4. The van der Waals surface area contributed by atoms with E-state index in [1.54, 1.807) is 18.7 Å². The Labute approximate surface area is 197 Å². The van der Waals surface area contributed by atoms with Gasteiger partial charge in [0.05, 0.1) is 23.1 Å². The number of benzene rings is 1. The fraction of sp³-hybridized carbons (Fsp3) is 0.692. The summed E-state index contributed by atoms with van der Waals surface area (Å²) in [5.41, 5.74) is -1.00. The summed E-state index contributed by atoms with van der Waals surface area (Å²) in [7, 11) is 4.25. The molecule has 0 aromatic heterocycles. The van der Waals surface area contributed by atoms with Gasteiger partial charge >= 0.3 is 12.0 Å². The maximum Gasteiger partial charge on any atom is 0.320 e. The summed E-state index contributed by atoms with van der Waals surface area (Å²) in [6.45, 7) is 4.39. The molecule has 1 aliphatic heterocycles. The number of carbonyl (C=O) groups excluding carboxylic acids is 1. The Hall–Kier alpha value is -2.12. The van der Waals surface area contributed by atoms with Crippen LogP contribution in [0.1, 0.15) is 64.4 Å². The number of carbonyl (C=O) groups is 2. The summed E-state index contributed by atoms with van der Waals surface area (Å²) in [5.74, 6) is -0.903. The molecule has 1 aromatic rings. The number of β-amino-alcohol motifs (C(OH)–C–C–N with tert-alkyl or cyclic N) is 1. The molecular weight excluding hydrogens is 418 g/mol. The van der Waals surface area contributed by atoms with Crippen molar-refractivity contribution < 1.29 is 19.8 Å². The second-order valence-corrected chi connectivity index (χ2v) is 11.5. The maximum absolute atomic E-state index is 13.6. The molecule has 0 bridgehead atoms. The highest BCUT2D eigenvalue weighted by molar-refractivity contribution is 5.80. The van der Waals surface area contributed by atoms with Crippen LogP contribution in [-0.4, -0.2) is 81.8 Å². The molecule has 2 aliphatic carbocycles. The molecule has 1 heterocycles. The molecule has 0 atom stereocenters. The molecule has 2 saturated carbocycles. The van der Waals surface area contributed by atoms with Crippen molar-refractivity contribution in [3.8, 4) is 0 Å². The van der Waals surface area contributed by atoms with Crippen molar-refractivity contribution in [3.63, 3.8) is 0 Å². The first kappa shape index (κ1) is 24.0. The highest BCUT2D eigenvalue weighted by Gasteiger charge is 2.57. The highest BCUT2D eigenvalue weighted by Crippen LogP contribution is 2.50. The van der Waals surface area contributed by atoms with E-state index < -0.39 is 17.0 Å². The Balaban J connectivity index is 1.62. The molecule has 4 rings (SSSR count). The van der Waals surface area contributed by atoms with Gasteiger partial charge in [0, 0.05) is 18.6 Å². The predicted octanol–water partition coefficient (Wildman–Crippen LogP) is 3.52. The van der Waals surface area contributed by atoms with Crippen molar-refractivity contribution in [2.24, 2.45) is 5.41 Å². The average Bonchev–Trinajstić information content (AvgIpc) is 2.98. The quantitative estimate of drug-likeness (QED) is 0.655. The number of carboxylic acids is 1. The van der Waals surface area contributed by atoms with Crippen LogP contribution in [0.25, 0.3) is 0 Å². The SMILES string of the molecule is CN(C)[C@]1(c2ccccc2)CC[C@]2(CC1)CN(CC(C)(C)C(=O)O)C(=O)N2CC1(O)CCC1. The third-order valence-electron chi connectivity index (χ3n) is 8.64. The molecule has 1 aromatic carbocycles. The first-order valence-corrected chi connectivity index (χ1v) is 12.2. The molecule has 7 nitrogen and oxygen atoms in total. The summed E-state index contributed by atoms with van der Waals surface area (Å²) in [6, 6.07) is 10.5. The minimum atomic E-state index is -1.02. The molecule has 182 valence electrons. The van der Waals surface area contributed by atoms with Gasteiger partial charge in [-0.25, -0.2) is 4.79 Å². The van der Waals surface area contributed by atoms with E-state index in [9.17, 15) is 19.8 Å². The van der Waals surface area contributed by atoms with E-state index in [4.69, 9.17) is 0 Å². The average molecular weight is 458 g/mol. The van der Waals surface area contributed by atoms with Crippen LogP contribution in [0.5, 0.6) is 0 Å². The van der Waals surface area contributed by atoms with Crippen LogP contribution in [0.4, 0.5) is 4.79 Å². The zero-order chi connectivity index (χ0) is 24.1. The third kappa shape index (κ3) is 4.14. The zero-order valence-electron chi connectivity index (χ0n) is 20.5. The summed E-state index contributed by atoms with van der Waals surface area (Å²) in [4.78, 5) is 31.3. The molecule has 2 N–H and O–H groups in total. The lowest BCUT2D eigenvalue weighted by atomic mass is 9.67. The number of rotatable bonds is 7. The number of urea groups is 1. The number of hydrogen-bond acceptors (Lipinski definition) is 4. The molecule has 0 radical (unpaired) electrons. The van der Waals surface area contributed by atoms with Crippen molar-refractivity contribution >= 4 is 12.0 Å². The van der Waals surface area contributed by atoms with Crippen LogP contribution in [0.3, 0.4) is 0 Å². The monoisotopic (exact) mass is 457 g/mol. The van der Waals surface area contributed by atoms with Crippen LogP contribution in [0.15, 0.2) is 30.3 Å². The van der Waals surface area contributed by atoms with E-state index in [0.29, 0.717) is 13.1 Å². The smallest absolute Gasteiger partial charge is 0.320 e. The van der Waals surface area contributed by atoms with E-state index in [2.05, 4.69) is 43.3 Å². The van der Waals surface area contributed by atoms with Crippen molar-refractivity contribution in [1.82, 2.24) is 14.7 Å². The lowest BCUT2D eigenvalue weighted by Crippen LogP contribution is -2.59. The number of aliphatic hydroxyl groups is 1. The van der Waals surface area contributed by atoms with Gasteiger partial charge in [0.1, 0.15) is 0 Å². The Kier molecular flexibility index (Phi) is 6.02. The van der Waals surface area contributed by atoms with Crippen LogP contribution in [-0.2, 0) is 10.3 Å². The molecule has 33 heavy (non-hydrogen) atoms. The van der Waals surface area contributed by atoms with Crippen LogP contribution in [0.2, 0.25) is 0 Å². The fourth-order valence-electron chi connectivity index (χ4n) is 6.12. The van der Waals surface area contributed by atoms with Gasteiger partial charge in [-0.2, -0.15) is 0 Å². The van der Waals surface area contributed by atoms with Gasteiger partial charge in [-0.05, 0) is 78.5 Å². The van der Waals surface area contributed by atoms with Crippen molar-refractivity contribution in [2.45, 2.75) is 75.5 Å². The second-order valence-electron chi connectivity index (χ2n) is 11.5. The predicted molar refractivity (Wildman–Crippen MR) is 127 cm³/mol. The number of amides is 2. The summed E-state index contributed by atoms with van der Waals surface area (Å²) >= 11 is 0. The first-order chi connectivity index (χ1) is 15.4. The van der Waals surface area contributed by atoms with Crippen LogP contribution < -0.4 is 0 Å². The summed E-state index contributed by atoms with van der Waals surface area (Å²) < 4.78 is 0. The molecule has 3 aliphatic rings. The Morgan fingerprint density at radius 1 is 1.06 bits per heavy atom. The van der Waals surface area contributed by atoms with E-state index in [0.717, 1.165) is 44.9 Å². The standard InChI is InChI=1S/C26H39N3O4/c1-23(2,21(30)31)17-28-18-24(29(22(28)32)19-25(33)11-8-12-25)13-15-26(16-14-24,27(3)4)20-9-6-5-7-10-20/h5-7,9-10,33H,8,11-19H2,1-4H3,(H,30,31)/t24-,26+. The number of carboxylic acid groups (broad SMARTS) is 1. The number of hydrogen-bond donors (Lipinski definition) is 2. The van der Waals surface area contributed by atoms with E-state index in [-0.39, 0.29) is 23.7 Å². The maximum atomic E-state index is 13.6. The summed E-state index contributed by atoms with van der Waals surface area (Å²) in [5, 5.41) is 20.6. The Morgan fingerprint density at radius 3 is 2.15 bits per heavy atom. The minimum Gasteiger partial charge on any atom is -0.481 e. The topological polar surface area (TPSA) is 84.3 Å². The van der Waals surface area contributed by atoms with E-state index in [1.165, 1.54) is 5.56 Å². The van der Waals surface area contributed by atoms with E-state index >= 15 is 0 Å². The molecule has 1 saturated heterocycles.